The number of carboxylic acid groups (broad SMARTS) is 1. The van der Waals surface area contributed by atoms with Gasteiger partial charge in [-0.05, 0) is 11.2 Å². The number of quaternary nitrogens is 1. The Bertz CT molecular complexity index is 269. The minimum absolute atomic E-state index is 0.0846. The van der Waals surface area contributed by atoms with E-state index in [0.29, 0.717) is 6.42 Å². The third-order valence-electron chi connectivity index (χ3n) is 4.01. The molecule has 0 aromatic carbocycles. The highest BCUT2D eigenvalue weighted by atomic mass is 16.8. The lowest BCUT2D eigenvalue weighted by molar-refractivity contribution is -1.25. The van der Waals surface area contributed by atoms with Crippen LogP contribution in [-0.4, -0.2) is 38.9 Å². The molecular formula is C16H34NO4+. The molecule has 1 atom stereocenters. The molecule has 0 spiro atoms. The summed E-state index contributed by atoms with van der Waals surface area (Å²) in [4.78, 5) is 9.54. The molecule has 0 fully saturated rings. The fraction of sp³-hybridized carbons (Fsp3) is 0.938. The molecule has 0 saturated carbocycles. The lowest BCUT2D eigenvalue weighted by Gasteiger charge is -2.26. The predicted octanol–water partition coefficient (Wildman–Crippen LogP) is 4.37. The average Bonchev–Trinajstić information content (AvgIpc) is 2.40. The van der Waals surface area contributed by atoms with Crippen molar-refractivity contribution in [1.29, 1.82) is 0 Å². The van der Waals surface area contributed by atoms with Crippen molar-refractivity contribution in [2.45, 2.75) is 90.5 Å². The number of carboxylic acids is 1. The summed E-state index contributed by atoms with van der Waals surface area (Å²) in [6.07, 6.45) is 11.8. The summed E-state index contributed by atoms with van der Waals surface area (Å²) in [7, 11) is 0. The maximum absolute atomic E-state index is 10.9. The fourth-order valence-corrected chi connectivity index (χ4v) is 2.63. The summed E-state index contributed by atoms with van der Waals surface area (Å²) in [5.74, 6) is -1.16. The summed E-state index contributed by atoms with van der Waals surface area (Å²) in [6, 6.07) is -1.15. The number of unbranched alkanes of at least 4 members (excludes halogenated alkanes) is 9. The van der Waals surface area contributed by atoms with E-state index in [2.05, 4.69) is 6.92 Å². The second kappa shape index (κ2) is 12.0. The van der Waals surface area contributed by atoms with Crippen LogP contribution in [0.4, 0.5) is 0 Å². The van der Waals surface area contributed by atoms with Crippen molar-refractivity contribution in [1.82, 2.24) is 0 Å². The Morgan fingerprint density at radius 2 is 1.29 bits per heavy atom. The maximum Gasteiger partial charge on any atom is 0.368 e. The summed E-state index contributed by atoms with van der Waals surface area (Å²) >= 11 is 0. The molecule has 0 amide bonds. The van der Waals surface area contributed by atoms with Gasteiger partial charge in [-0.15, -0.1) is 0 Å². The number of carbonyl (C=O) groups is 1. The van der Waals surface area contributed by atoms with Crippen LogP contribution in [0.5, 0.6) is 0 Å². The highest BCUT2D eigenvalue weighted by molar-refractivity contribution is 5.71. The van der Waals surface area contributed by atoms with E-state index in [1.54, 1.807) is 6.92 Å². The van der Waals surface area contributed by atoms with Gasteiger partial charge in [-0.2, -0.15) is 10.4 Å². The quantitative estimate of drug-likeness (QED) is 0.253. The molecule has 0 aliphatic rings. The molecule has 5 heteroatoms. The molecular weight excluding hydrogens is 270 g/mol. The van der Waals surface area contributed by atoms with Crippen molar-refractivity contribution in [2.75, 3.05) is 6.54 Å². The first kappa shape index (κ1) is 20.3. The maximum atomic E-state index is 10.9. The number of aliphatic carboxylic acids is 1. The average molecular weight is 304 g/mol. The van der Waals surface area contributed by atoms with Gasteiger partial charge in [0.2, 0.25) is 6.04 Å². The van der Waals surface area contributed by atoms with Crippen molar-refractivity contribution < 1.29 is 25.1 Å². The van der Waals surface area contributed by atoms with Gasteiger partial charge in [-0.3, -0.25) is 0 Å². The molecule has 3 N–H and O–H groups in total. The van der Waals surface area contributed by atoms with Gasteiger partial charge < -0.3 is 5.11 Å². The molecule has 1 unspecified atom stereocenters. The molecule has 0 aliphatic carbocycles. The lowest BCUT2D eigenvalue weighted by atomic mass is 10.1. The Balaban J connectivity index is 3.59. The first-order valence-electron chi connectivity index (χ1n) is 8.51. The first-order valence-corrected chi connectivity index (χ1v) is 8.51. The van der Waals surface area contributed by atoms with Gasteiger partial charge in [0.05, 0.1) is 0 Å². The number of hydrogen-bond donors (Lipinski definition) is 3. The Hall–Kier alpha value is -0.650. The third kappa shape index (κ3) is 9.82. The van der Waals surface area contributed by atoms with Crippen LogP contribution in [-0.2, 0) is 4.79 Å². The summed E-state index contributed by atoms with van der Waals surface area (Å²) in [5, 5.41) is 28.5. The molecule has 126 valence electrons. The molecule has 0 heterocycles. The van der Waals surface area contributed by atoms with Crippen LogP contribution in [0.3, 0.4) is 0 Å². The van der Waals surface area contributed by atoms with Crippen LogP contribution in [0.2, 0.25) is 0 Å². The standard InChI is InChI=1S/C16H33NO4/c1-3-5-6-7-8-9-10-11-12-13-14-17(20,21)15(4-2)16(18)19/h15,20-21H,3-14H2,1-2H3/p+1. The Morgan fingerprint density at radius 3 is 1.67 bits per heavy atom. The third-order valence-corrected chi connectivity index (χ3v) is 4.01. The number of hydroxylamine groups is 4. The lowest BCUT2D eigenvalue weighted by Crippen LogP contribution is -2.54. The summed E-state index contributed by atoms with van der Waals surface area (Å²) in [5.41, 5.74) is 0. The number of nitrogens with zero attached hydrogens (tertiary/aromatic N) is 1. The van der Waals surface area contributed by atoms with Crippen molar-refractivity contribution in [3.63, 3.8) is 0 Å². The zero-order valence-electron chi connectivity index (χ0n) is 13.8. The van der Waals surface area contributed by atoms with E-state index < -0.39 is 16.8 Å². The largest absolute Gasteiger partial charge is 0.477 e. The van der Waals surface area contributed by atoms with Gasteiger partial charge in [-0.1, -0.05) is 65.2 Å². The summed E-state index contributed by atoms with van der Waals surface area (Å²) < 4.78 is 0. The molecule has 0 radical (unpaired) electrons. The fourth-order valence-electron chi connectivity index (χ4n) is 2.63. The van der Waals surface area contributed by atoms with E-state index in [9.17, 15) is 15.2 Å². The van der Waals surface area contributed by atoms with E-state index in [4.69, 9.17) is 5.11 Å². The monoisotopic (exact) mass is 304 g/mol. The van der Waals surface area contributed by atoms with Gasteiger partial charge >= 0.3 is 5.97 Å². The second-order valence-electron chi connectivity index (χ2n) is 5.95. The van der Waals surface area contributed by atoms with E-state index >= 15 is 0 Å². The van der Waals surface area contributed by atoms with Crippen LogP contribution in [0.25, 0.3) is 0 Å². The van der Waals surface area contributed by atoms with Gasteiger partial charge in [0.25, 0.3) is 0 Å². The van der Waals surface area contributed by atoms with Crippen molar-refractivity contribution in [3.8, 4) is 0 Å². The topological polar surface area (TPSA) is 77.8 Å². The highest BCUT2D eigenvalue weighted by Gasteiger charge is 2.39. The molecule has 0 rings (SSSR count). The molecule has 5 nitrogen and oxygen atoms in total. The predicted molar refractivity (Wildman–Crippen MR) is 82.3 cm³/mol. The smallest absolute Gasteiger partial charge is 0.368 e. The Morgan fingerprint density at radius 1 is 0.857 bits per heavy atom. The highest BCUT2D eigenvalue weighted by Crippen LogP contribution is 2.14. The van der Waals surface area contributed by atoms with E-state index in [-0.39, 0.29) is 13.0 Å². The molecule has 0 bridgehead atoms. The van der Waals surface area contributed by atoms with Gasteiger partial charge in [0, 0.05) is 12.8 Å². The molecule has 0 aromatic rings. The van der Waals surface area contributed by atoms with Crippen molar-refractivity contribution in [3.05, 3.63) is 0 Å². The zero-order valence-corrected chi connectivity index (χ0v) is 13.8. The number of rotatable bonds is 14. The van der Waals surface area contributed by atoms with E-state index in [1.165, 1.54) is 44.9 Å². The van der Waals surface area contributed by atoms with E-state index in [0.717, 1.165) is 12.8 Å². The Kier molecular flexibility index (Phi) is 11.6. The van der Waals surface area contributed by atoms with E-state index in [1.807, 2.05) is 0 Å². The normalized spacial score (nSPS) is 13.3. The van der Waals surface area contributed by atoms with Crippen LogP contribution in [0, 0.1) is 0 Å². The van der Waals surface area contributed by atoms with Crippen LogP contribution in [0.1, 0.15) is 84.5 Å². The van der Waals surface area contributed by atoms with Gasteiger partial charge in [-0.25, -0.2) is 4.79 Å². The minimum Gasteiger partial charge on any atom is -0.477 e. The second-order valence-corrected chi connectivity index (χ2v) is 5.95. The molecule has 0 aromatic heterocycles. The Labute approximate surface area is 129 Å². The first-order chi connectivity index (χ1) is 9.95. The SMILES string of the molecule is CCCCCCCCCCCC[N+](O)(O)C(CC)C(=O)O. The van der Waals surface area contributed by atoms with Crippen molar-refractivity contribution >= 4 is 5.97 Å². The van der Waals surface area contributed by atoms with Gasteiger partial charge in [0.15, 0.2) is 0 Å². The number of hydrogen-bond acceptors (Lipinski definition) is 3. The van der Waals surface area contributed by atoms with Crippen LogP contribution in [0.15, 0.2) is 0 Å². The van der Waals surface area contributed by atoms with Gasteiger partial charge in [0.1, 0.15) is 6.54 Å². The molecule has 21 heavy (non-hydrogen) atoms. The minimum atomic E-state index is -1.39. The summed E-state index contributed by atoms with van der Waals surface area (Å²) in [6.45, 7) is 3.95. The molecule has 0 aliphatic heterocycles. The zero-order chi connectivity index (χ0) is 16.1. The van der Waals surface area contributed by atoms with Crippen LogP contribution < -0.4 is 0 Å². The van der Waals surface area contributed by atoms with Crippen molar-refractivity contribution in [2.24, 2.45) is 0 Å². The van der Waals surface area contributed by atoms with Crippen LogP contribution >= 0.6 is 0 Å². The molecule has 0 saturated heterocycles.